The number of rotatable bonds is 0. The summed E-state index contributed by atoms with van der Waals surface area (Å²) < 4.78 is 21.0. The third-order valence-electron chi connectivity index (χ3n) is 0. The second kappa shape index (κ2) is 1.50. The van der Waals surface area contributed by atoms with Gasteiger partial charge < -0.3 is 0 Å². The number of hydrogen-bond acceptors (Lipinski definition) is 0. The van der Waals surface area contributed by atoms with Crippen LogP contribution in [-0.2, 0) is 0 Å². The summed E-state index contributed by atoms with van der Waals surface area (Å²) in [5.41, 5.74) is 0. The Morgan fingerprint density at radius 3 is 1.60 bits per heavy atom. The van der Waals surface area contributed by atoms with Crippen LogP contribution in [0, 0.1) is 0 Å². The Labute approximate surface area is 42.7 Å². The van der Waals surface area contributed by atoms with E-state index in [1.165, 1.54) is 0 Å². The minimum atomic E-state index is -2.52. The Hall–Kier alpha value is 0.799. The molecule has 0 rings (SSSR count). The molecule has 0 atom stereocenters. The van der Waals surface area contributed by atoms with E-state index in [9.17, 15) is 0 Å². The van der Waals surface area contributed by atoms with Gasteiger partial charge in [0.2, 0.25) is 0 Å². The van der Waals surface area contributed by atoms with Gasteiger partial charge in [-0.3, -0.25) is 0 Å². The maximum atomic E-state index is 7.01. The maximum absolute atomic E-state index is 7.01. The summed E-state index contributed by atoms with van der Waals surface area (Å²) in [6.07, 6.45) is 0. The summed E-state index contributed by atoms with van der Waals surface area (Å²) in [6.45, 7) is 0. The molecule has 0 nitrogen and oxygen atoms in total. The fourth-order valence-electron chi connectivity index (χ4n) is 0. The van der Waals surface area contributed by atoms with Gasteiger partial charge in [0.05, 0.1) is 0 Å². The minimum absolute atomic E-state index is 1.60. The normalized spacial score (nSPS) is 23.4. The van der Waals surface area contributed by atoms with E-state index in [0.29, 0.717) is 0 Å². The second-order valence-corrected chi connectivity index (χ2v) is 15.1. The first-order chi connectivity index (χ1) is 3.25. The second-order valence-electron chi connectivity index (χ2n) is 2.25. The molecule has 0 radical (unpaired) electrons. The Bertz CT molecular complexity index is 66.3. The predicted molar refractivity (Wildman–Crippen MR) is 29.2 cm³/mol. The Kier molecular flexibility index (Phi) is 0.658. The summed E-state index contributed by atoms with van der Waals surface area (Å²) in [5, 5.41) is 0. The van der Waals surface area contributed by atoms with Gasteiger partial charge in [-0.2, -0.15) is 0 Å². The summed E-state index contributed by atoms with van der Waals surface area (Å²) in [6, 6.07) is 0. The van der Waals surface area contributed by atoms with Crippen LogP contribution < -0.4 is 0 Å². The molecule has 0 aromatic heterocycles. The van der Waals surface area contributed by atoms with E-state index in [-0.39, 0.29) is 0 Å². The Morgan fingerprint density at radius 1 is 1.40 bits per heavy atom. The van der Waals surface area contributed by atoms with Gasteiger partial charge in [0.15, 0.2) is 0 Å². The van der Waals surface area contributed by atoms with Crippen LogP contribution in [0.3, 0.4) is 0 Å². The molecule has 0 aromatic carbocycles. The van der Waals surface area contributed by atoms with Crippen LogP contribution in [0.15, 0.2) is 0 Å². The van der Waals surface area contributed by atoms with Crippen LogP contribution in [0.2, 0.25) is 19.7 Å². The fraction of sp³-hybridized carbons (Fsp3) is 1.00. The van der Waals surface area contributed by atoms with Crippen molar-refractivity contribution >= 4 is 18.4 Å². The molecular weight excluding hydrogens is 167 g/mol. The zero-order valence-electron chi connectivity index (χ0n) is 7.00. The zero-order valence-corrected chi connectivity index (χ0v) is 6.85. The van der Waals surface area contributed by atoms with Gasteiger partial charge in [0.1, 0.15) is 0 Å². The van der Waals surface area contributed by atoms with Gasteiger partial charge in [0, 0.05) is 0 Å². The van der Waals surface area contributed by atoms with Crippen LogP contribution >= 0.6 is 0 Å². The molecule has 0 aromatic rings. The molecule has 0 bridgehead atoms. The van der Waals surface area contributed by atoms with Crippen molar-refractivity contribution in [1.82, 2.24) is 0 Å². The van der Waals surface area contributed by atoms with Gasteiger partial charge in [0.25, 0.3) is 0 Å². The first kappa shape index (κ1) is 2.20. The average molecular weight is 182 g/mol. The van der Waals surface area contributed by atoms with Crippen LogP contribution in [0.1, 0.15) is 4.11 Å². The van der Waals surface area contributed by atoms with Gasteiger partial charge in [-0.25, -0.2) is 0 Å². The van der Waals surface area contributed by atoms with Crippen LogP contribution in [-0.4, -0.2) is 18.4 Å². The summed E-state index contributed by atoms with van der Waals surface area (Å²) in [5.74, 6) is 0. The van der Waals surface area contributed by atoms with Crippen molar-refractivity contribution < 1.29 is 4.11 Å². The van der Waals surface area contributed by atoms with Gasteiger partial charge in [-0.1, -0.05) is 0 Å². The van der Waals surface area contributed by atoms with Crippen molar-refractivity contribution in [3.63, 3.8) is 0 Å². The molecule has 1 heteroatoms. The summed E-state index contributed by atoms with van der Waals surface area (Å²) in [7, 11) is 0. The first-order valence-electron chi connectivity index (χ1n) is 3.25. The Balaban J connectivity index is 4.02. The van der Waals surface area contributed by atoms with Gasteiger partial charge in [-0.15, -0.1) is 0 Å². The van der Waals surface area contributed by atoms with E-state index in [2.05, 4.69) is 0 Å². The third-order valence-corrected chi connectivity index (χ3v) is 0. The van der Waals surface area contributed by atoms with Gasteiger partial charge in [-0.05, 0) is 0 Å². The fourth-order valence-corrected chi connectivity index (χ4v) is 0. The Morgan fingerprint density at radius 2 is 1.60 bits per heavy atom. The van der Waals surface area contributed by atoms with Crippen molar-refractivity contribution in [2.75, 3.05) is 0 Å². The molecule has 0 unspecified atom stereocenters. The van der Waals surface area contributed by atoms with Crippen LogP contribution in [0.5, 0.6) is 0 Å². The molecule has 0 N–H and O–H groups in total. The molecule has 0 saturated heterocycles. The topological polar surface area (TPSA) is 0 Å². The molecule has 0 spiro atoms. The molecule has 32 valence electrons. The van der Waals surface area contributed by atoms with E-state index in [1.54, 1.807) is 0 Å². The van der Waals surface area contributed by atoms with Crippen molar-refractivity contribution in [2.24, 2.45) is 0 Å². The van der Waals surface area contributed by atoms with E-state index in [1.807, 2.05) is 14.8 Å². The molecule has 0 aliphatic carbocycles. The van der Waals surface area contributed by atoms with E-state index < -0.39 is 23.2 Å². The standard InChI is InChI=1S/4CH3.Sn/h4*1H3;/i1D3;;;;. The summed E-state index contributed by atoms with van der Waals surface area (Å²) >= 11 is -2.52. The molecular formula is C4H12Sn. The molecule has 0 aliphatic rings. The zero-order chi connectivity index (χ0) is 7.00. The van der Waals surface area contributed by atoms with Gasteiger partial charge >= 0.3 is 42.2 Å². The van der Waals surface area contributed by atoms with Crippen LogP contribution in [0.25, 0.3) is 0 Å². The predicted octanol–water partition coefficient (Wildman–Crippen LogP) is 1.95. The summed E-state index contributed by atoms with van der Waals surface area (Å²) in [4.78, 5) is 4.15. The molecule has 0 amide bonds. The first-order valence-corrected chi connectivity index (χ1v) is 11.7. The molecule has 0 fully saturated rings. The van der Waals surface area contributed by atoms with Crippen molar-refractivity contribution in [1.29, 1.82) is 0 Å². The van der Waals surface area contributed by atoms with E-state index >= 15 is 0 Å². The van der Waals surface area contributed by atoms with E-state index in [0.717, 1.165) is 0 Å². The van der Waals surface area contributed by atoms with Crippen molar-refractivity contribution in [2.45, 2.75) is 19.7 Å². The third kappa shape index (κ3) is 58.9. The molecule has 5 heavy (non-hydrogen) atoms. The van der Waals surface area contributed by atoms with E-state index in [4.69, 9.17) is 4.11 Å². The monoisotopic (exact) mass is 183 g/mol. The quantitative estimate of drug-likeness (QED) is 0.502. The SMILES string of the molecule is [2H][C]([2H])([2H])[Sn]([CH3])([CH3])[CH3]. The van der Waals surface area contributed by atoms with Crippen LogP contribution in [0.4, 0.5) is 0 Å². The van der Waals surface area contributed by atoms with Crippen molar-refractivity contribution in [3.05, 3.63) is 0 Å². The molecule has 0 aliphatic heterocycles. The number of hydrogen-bond donors (Lipinski definition) is 0. The average Bonchev–Trinajstić information content (AvgIpc) is 1.25. The molecule has 0 saturated carbocycles. The molecule has 0 heterocycles. The van der Waals surface area contributed by atoms with Crippen molar-refractivity contribution in [3.8, 4) is 0 Å².